The Balaban J connectivity index is 1.95. The normalized spacial score (nSPS) is 15.9. The number of rotatable bonds is 5. The maximum absolute atomic E-state index is 12.2. The molecule has 110 valence electrons. The summed E-state index contributed by atoms with van der Waals surface area (Å²) in [5.41, 5.74) is 0.489. The van der Waals surface area contributed by atoms with E-state index in [1.54, 1.807) is 6.07 Å². The molecule has 0 spiro atoms. The number of anilines is 1. The molecule has 1 aliphatic heterocycles. The molecule has 0 unspecified atom stereocenters. The Kier molecular flexibility index (Phi) is 5.98. The molecule has 1 aromatic heterocycles. The predicted octanol–water partition coefficient (Wildman–Crippen LogP) is 3.04. The summed E-state index contributed by atoms with van der Waals surface area (Å²) < 4.78 is 0. The summed E-state index contributed by atoms with van der Waals surface area (Å²) in [7, 11) is 0. The molecule has 0 radical (unpaired) electrons. The standard InChI is InChI=1S/C14H20ClN3OS/c1-2-16-13-7-11(12(15)9-17-13)14(19)18-8-10-3-5-20-6-4-10/h7,9-10H,2-6,8H2,1H3,(H,16,17)(H,18,19). The first-order valence-electron chi connectivity index (χ1n) is 6.96. The van der Waals surface area contributed by atoms with Crippen molar-refractivity contribution in [1.82, 2.24) is 10.3 Å². The fourth-order valence-electron chi connectivity index (χ4n) is 2.17. The highest BCUT2D eigenvalue weighted by Gasteiger charge is 2.17. The summed E-state index contributed by atoms with van der Waals surface area (Å²) in [4.78, 5) is 16.3. The highest BCUT2D eigenvalue weighted by Crippen LogP contribution is 2.22. The smallest absolute Gasteiger partial charge is 0.252 e. The molecule has 2 heterocycles. The second-order valence-corrected chi connectivity index (χ2v) is 6.48. The van der Waals surface area contributed by atoms with Crippen LogP contribution >= 0.6 is 23.4 Å². The third-order valence-electron chi connectivity index (χ3n) is 3.35. The lowest BCUT2D eigenvalue weighted by atomic mass is 10.0. The van der Waals surface area contributed by atoms with Crippen molar-refractivity contribution in [1.29, 1.82) is 0 Å². The summed E-state index contributed by atoms with van der Waals surface area (Å²) in [6.45, 7) is 3.47. The molecule has 1 aliphatic rings. The van der Waals surface area contributed by atoms with Gasteiger partial charge < -0.3 is 10.6 Å². The molecule has 2 N–H and O–H groups in total. The Hall–Kier alpha value is -0.940. The number of halogens is 1. The largest absolute Gasteiger partial charge is 0.370 e. The predicted molar refractivity (Wildman–Crippen MR) is 85.8 cm³/mol. The monoisotopic (exact) mass is 313 g/mol. The van der Waals surface area contributed by atoms with Crippen LogP contribution in [-0.4, -0.2) is 35.5 Å². The zero-order chi connectivity index (χ0) is 14.4. The molecule has 1 amide bonds. The number of thioether (sulfide) groups is 1. The topological polar surface area (TPSA) is 54.0 Å². The zero-order valence-corrected chi connectivity index (χ0v) is 13.2. The molecule has 0 aromatic carbocycles. The van der Waals surface area contributed by atoms with Crippen LogP contribution in [0.15, 0.2) is 12.3 Å². The van der Waals surface area contributed by atoms with Gasteiger partial charge in [-0.15, -0.1) is 0 Å². The Morgan fingerprint density at radius 2 is 2.25 bits per heavy atom. The van der Waals surface area contributed by atoms with Crippen molar-refractivity contribution in [3.63, 3.8) is 0 Å². The summed E-state index contributed by atoms with van der Waals surface area (Å²) >= 11 is 8.05. The number of amides is 1. The Bertz CT molecular complexity index is 464. The molecule has 1 saturated heterocycles. The lowest BCUT2D eigenvalue weighted by Gasteiger charge is -2.21. The number of hydrogen-bond acceptors (Lipinski definition) is 4. The van der Waals surface area contributed by atoms with E-state index in [1.807, 2.05) is 18.7 Å². The maximum atomic E-state index is 12.2. The van der Waals surface area contributed by atoms with E-state index in [-0.39, 0.29) is 5.91 Å². The molecule has 4 nitrogen and oxygen atoms in total. The van der Waals surface area contributed by atoms with Crippen LogP contribution < -0.4 is 10.6 Å². The van der Waals surface area contributed by atoms with E-state index in [4.69, 9.17) is 11.6 Å². The van der Waals surface area contributed by atoms with E-state index in [9.17, 15) is 4.79 Å². The average Bonchev–Trinajstić information content (AvgIpc) is 2.48. The van der Waals surface area contributed by atoms with Crippen LogP contribution in [0.4, 0.5) is 5.82 Å². The molecule has 1 fully saturated rings. The van der Waals surface area contributed by atoms with Crippen molar-refractivity contribution in [2.24, 2.45) is 5.92 Å². The van der Waals surface area contributed by atoms with Crippen molar-refractivity contribution < 1.29 is 4.79 Å². The summed E-state index contributed by atoms with van der Waals surface area (Å²) in [5, 5.41) is 6.47. The minimum absolute atomic E-state index is 0.116. The first-order valence-corrected chi connectivity index (χ1v) is 8.49. The van der Waals surface area contributed by atoms with Gasteiger partial charge >= 0.3 is 0 Å². The third-order valence-corrected chi connectivity index (χ3v) is 4.70. The van der Waals surface area contributed by atoms with Crippen molar-refractivity contribution in [3.8, 4) is 0 Å². The fraction of sp³-hybridized carbons (Fsp3) is 0.571. The quantitative estimate of drug-likeness (QED) is 0.877. The highest BCUT2D eigenvalue weighted by molar-refractivity contribution is 7.99. The van der Waals surface area contributed by atoms with Crippen molar-refractivity contribution >= 4 is 35.1 Å². The molecule has 1 aromatic rings. The van der Waals surface area contributed by atoms with Gasteiger partial charge in [0.25, 0.3) is 5.91 Å². The van der Waals surface area contributed by atoms with Gasteiger partial charge in [0, 0.05) is 19.3 Å². The third kappa shape index (κ3) is 4.28. The van der Waals surface area contributed by atoms with Gasteiger partial charge in [-0.1, -0.05) is 11.6 Å². The van der Waals surface area contributed by atoms with Crippen LogP contribution in [0.5, 0.6) is 0 Å². The van der Waals surface area contributed by atoms with Crippen molar-refractivity contribution in [3.05, 3.63) is 22.8 Å². The number of aromatic nitrogens is 1. The van der Waals surface area contributed by atoms with Crippen LogP contribution in [0.1, 0.15) is 30.1 Å². The number of pyridine rings is 1. The molecule has 20 heavy (non-hydrogen) atoms. The van der Waals surface area contributed by atoms with Gasteiger partial charge in [0.2, 0.25) is 0 Å². The lowest BCUT2D eigenvalue weighted by molar-refractivity contribution is 0.0946. The molecule has 0 saturated carbocycles. The first kappa shape index (κ1) is 15.4. The lowest BCUT2D eigenvalue weighted by Crippen LogP contribution is -2.31. The van der Waals surface area contributed by atoms with E-state index < -0.39 is 0 Å². The highest BCUT2D eigenvalue weighted by atomic mass is 35.5. The van der Waals surface area contributed by atoms with Gasteiger partial charge in [-0.3, -0.25) is 4.79 Å². The van der Waals surface area contributed by atoms with E-state index in [1.165, 1.54) is 30.5 Å². The van der Waals surface area contributed by atoms with Crippen LogP contribution in [0.25, 0.3) is 0 Å². The van der Waals surface area contributed by atoms with Crippen LogP contribution in [0.3, 0.4) is 0 Å². The molecule has 0 atom stereocenters. The summed E-state index contributed by atoms with van der Waals surface area (Å²) in [5.74, 6) is 3.54. The zero-order valence-electron chi connectivity index (χ0n) is 11.6. The van der Waals surface area contributed by atoms with Crippen LogP contribution in [-0.2, 0) is 0 Å². The number of nitrogens with zero attached hydrogens (tertiary/aromatic N) is 1. The molecule has 0 aliphatic carbocycles. The minimum Gasteiger partial charge on any atom is -0.370 e. The number of carbonyl (C=O) groups excluding carboxylic acids is 1. The van der Waals surface area contributed by atoms with Crippen molar-refractivity contribution in [2.75, 3.05) is 29.9 Å². The molecule has 6 heteroatoms. The second kappa shape index (κ2) is 7.74. The van der Waals surface area contributed by atoms with Crippen LogP contribution in [0, 0.1) is 5.92 Å². The Morgan fingerprint density at radius 3 is 2.95 bits per heavy atom. The van der Waals surface area contributed by atoms with Gasteiger partial charge in [0.1, 0.15) is 5.82 Å². The van der Waals surface area contributed by atoms with Gasteiger partial charge in [-0.05, 0) is 43.3 Å². The minimum atomic E-state index is -0.116. The number of hydrogen-bond donors (Lipinski definition) is 2. The molecular formula is C14H20ClN3OS. The van der Waals surface area contributed by atoms with Gasteiger partial charge in [0.15, 0.2) is 0 Å². The molecule has 0 bridgehead atoms. The molecule has 2 rings (SSSR count). The van der Waals surface area contributed by atoms with E-state index in [0.29, 0.717) is 22.3 Å². The average molecular weight is 314 g/mol. The van der Waals surface area contributed by atoms with Crippen molar-refractivity contribution in [2.45, 2.75) is 19.8 Å². The number of carbonyl (C=O) groups is 1. The van der Waals surface area contributed by atoms with Gasteiger partial charge in [0.05, 0.1) is 10.6 Å². The van der Waals surface area contributed by atoms with E-state index in [0.717, 1.165) is 13.1 Å². The van der Waals surface area contributed by atoms with E-state index in [2.05, 4.69) is 15.6 Å². The SMILES string of the molecule is CCNc1cc(C(=O)NCC2CCSCC2)c(Cl)cn1. The Morgan fingerprint density at radius 1 is 1.50 bits per heavy atom. The van der Waals surface area contributed by atoms with E-state index >= 15 is 0 Å². The molecular weight excluding hydrogens is 294 g/mol. The first-order chi connectivity index (χ1) is 9.70. The maximum Gasteiger partial charge on any atom is 0.252 e. The fourth-order valence-corrected chi connectivity index (χ4v) is 3.57. The van der Waals surface area contributed by atoms with Gasteiger partial charge in [-0.25, -0.2) is 4.98 Å². The number of nitrogens with one attached hydrogen (secondary N) is 2. The second-order valence-electron chi connectivity index (χ2n) is 4.85. The van der Waals surface area contributed by atoms with Crippen LogP contribution in [0.2, 0.25) is 5.02 Å². The summed E-state index contributed by atoms with van der Waals surface area (Å²) in [6, 6.07) is 1.71. The van der Waals surface area contributed by atoms with Gasteiger partial charge in [-0.2, -0.15) is 11.8 Å². The Labute approximate surface area is 129 Å². The summed E-state index contributed by atoms with van der Waals surface area (Å²) in [6.07, 6.45) is 3.88.